The van der Waals surface area contributed by atoms with Crippen molar-refractivity contribution in [2.75, 3.05) is 6.61 Å². The molecule has 0 aliphatic carbocycles. The molecule has 0 radical (unpaired) electrons. The van der Waals surface area contributed by atoms with Crippen molar-refractivity contribution < 1.29 is 14.3 Å². The predicted molar refractivity (Wildman–Crippen MR) is 101 cm³/mol. The summed E-state index contributed by atoms with van der Waals surface area (Å²) in [5, 5.41) is 0. The van der Waals surface area contributed by atoms with Gasteiger partial charge in [0.25, 0.3) is 0 Å². The molecule has 0 aromatic heterocycles. The van der Waals surface area contributed by atoms with E-state index in [0.717, 1.165) is 6.42 Å². The van der Waals surface area contributed by atoms with E-state index in [9.17, 15) is 4.79 Å². The second kappa shape index (κ2) is 11.9. The fourth-order valence-corrected chi connectivity index (χ4v) is 2.57. The smallest absolute Gasteiger partial charge is 0.306 e. The van der Waals surface area contributed by atoms with E-state index in [0.29, 0.717) is 13.0 Å². The Morgan fingerprint density at radius 1 is 0.818 bits per heavy atom. The Morgan fingerprint density at radius 2 is 1.23 bits per heavy atom. The maximum absolute atomic E-state index is 11.6. The topological polar surface area (TPSA) is 35.5 Å². The molecule has 0 saturated carbocycles. The molecule has 0 saturated heterocycles. The van der Waals surface area contributed by atoms with E-state index in [2.05, 4.69) is 27.7 Å². The monoisotopic (exact) mass is 322 g/mol. The second-order valence-electron chi connectivity index (χ2n) is 5.97. The number of hydrogen-bond donors (Lipinski definition) is 0. The van der Waals surface area contributed by atoms with Gasteiger partial charge in [-0.1, -0.05) is 50.5 Å². The van der Waals surface area contributed by atoms with Gasteiger partial charge in [-0.05, 0) is 41.0 Å². The molecule has 0 N–H and O–H groups in total. The molecule has 0 heterocycles. The minimum Gasteiger partial charge on any atom is -0.459 e. The molecule has 0 amide bonds. The summed E-state index contributed by atoms with van der Waals surface area (Å²) in [6.45, 7) is 16.8. The number of carbonyl (C=O) groups is 1. The van der Waals surface area contributed by atoms with Crippen LogP contribution in [0, 0.1) is 5.41 Å². The number of rotatable bonds is 7. The Hall–Kier alpha value is -0.570. The summed E-state index contributed by atoms with van der Waals surface area (Å²) in [6.07, 6.45) is 1.28. The first-order valence-corrected chi connectivity index (χ1v) is 6.93. The third kappa shape index (κ3) is 6.68. The average molecular weight is 323 g/mol. The van der Waals surface area contributed by atoms with Crippen LogP contribution in [0.4, 0.5) is 0 Å². The van der Waals surface area contributed by atoms with E-state index in [1.165, 1.54) is 0 Å². The van der Waals surface area contributed by atoms with Crippen molar-refractivity contribution in [3.05, 3.63) is 0 Å². The van der Waals surface area contributed by atoms with E-state index < -0.39 is 5.60 Å². The van der Waals surface area contributed by atoms with Crippen LogP contribution in [-0.4, -0.2) is 23.8 Å². The van der Waals surface area contributed by atoms with Crippen molar-refractivity contribution in [2.45, 2.75) is 109 Å². The Labute approximate surface area is 142 Å². The second-order valence-corrected chi connectivity index (χ2v) is 5.97. The van der Waals surface area contributed by atoms with E-state index in [4.69, 9.17) is 9.47 Å². The molecular weight excluding hydrogens is 276 g/mol. The Kier molecular flexibility index (Phi) is 18.0. The third-order valence-electron chi connectivity index (χ3n) is 4.53. The van der Waals surface area contributed by atoms with Gasteiger partial charge in [0.15, 0.2) is 0 Å². The highest BCUT2D eigenvalue weighted by atomic mass is 16.6. The lowest BCUT2D eigenvalue weighted by molar-refractivity contribution is -0.208. The molecule has 0 aromatic rings. The fraction of sp³-hybridized carbons (Fsp3) is 0.947. The molecular formula is C19H46O3. The zero-order valence-corrected chi connectivity index (χ0v) is 13.3. The first-order chi connectivity index (χ1) is 8.08. The number of hydrogen-bond acceptors (Lipinski definition) is 3. The van der Waals surface area contributed by atoms with Crippen LogP contribution in [0.3, 0.4) is 0 Å². The Balaban J connectivity index is -0.000000241. The van der Waals surface area contributed by atoms with Crippen molar-refractivity contribution in [1.82, 2.24) is 0 Å². The van der Waals surface area contributed by atoms with Crippen LogP contribution in [0.2, 0.25) is 0 Å². The number of esters is 1. The molecule has 1 atom stereocenters. The van der Waals surface area contributed by atoms with E-state index in [1.807, 2.05) is 27.7 Å². The molecule has 0 aliphatic rings. The molecule has 3 heteroatoms. The van der Waals surface area contributed by atoms with Crippen molar-refractivity contribution in [1.29, 1.82) is 0 Å². The van der Waals surface area contributed by atoms with Gasteiger partial charge in [-0.25, -0.2) is 0 Å². The lowest BCUT2D eigenvalue weighted by Crippen LogP contribution is -2.57. The zero-order valence-electron chi connectivity index (χ0n) is 13.3. The van der Waals surface area contributed by atoms with Gasteiger partial charge in [-0.3, -0.25) is 4.79 Å². The molecule has 1 unspecified atom stereocenters. The van der Waals surface area contributed by atoms with E-state index in [1.54, 1.807) is 0 Å². The van der Waals surface area contributed by atoms with Gasteiger partial charge in [0.05, 0.1) is 5.60 Å². The van der Waals surface area contributed by atoms with E-state index >= 15 is 0 Å². The Bertz CT molecular complexity index is 282. The van der Waals surface area contributed by atoms with Crippen molar-refractivity contribution in [2.24, 2.45) is 5.41 Å². The maximum Gasteiger partial charge on any atom is 0.306 e. The minimum absolute atomic E-state index is 0. The molecule has 0 rings (SSSR count). The van der Waals surface area contributed by atoms with E-state index in [-0.39, 0.29) is 46.7 Å². The summed E-state index contributed by atoms with van der Waals surface area (Å²) >= 11 is 0. The molecule has 22 heavy (non-hydrogen) atoms. The highest BCUT2D eigenvalue weighted by molar-refractivity contribution is 5.69. The molecule has 140 valence electrons. The standard InChI is InChI=1S/C15H30O3.4CH4/c1-9-12(16)18-14(6,7)15(8,10-2)13(4,5)17-11-3;;;;/h9-11H2,1-8H3;4*1H4. The number of ether oxygens (including phenoxy) is 2. The SMILES string of the molecule is C.C.C.C.CCOC(C)(C)C(C)(CC)C(C)(C)OC(=O)CC. The van der Waals surface area contributed by atoms with Crippen LogP contribution >= 0.6 is 0 Å². The van der Waals surface area contributed by atoms with Gasteiger partial charge in [-0.2, -0.15) is 0 Å². The van der Waals surface area contributed by atoms with Crippen LogP contribution in [-0.2, 0) is 14.3 Å². The number of carbonyl (C=O) groups excluding carboxylic acids is 1. The highest BCUT2D eigenvalue weighted by Crippen LogP contribution is 2.48. The largest absolute Gasteiger partial charge is 0.459 e. The van der Waals surface area contributed by atoms with Gasteiger partial charge < -0.3 is 9.47 Å². The van der Waals surface area contributed by atoms with Crippen LogP contribution in [0.25, 0.3) is 0 Å². The summed E-state index contributed by atoms with van der Waals surface area (Å²) < 4.78 is 11.6. The van der Waals surface area contributed by atoms with Crippen LogP contribution in [0.5, 0.6) is 0 Å². The van der Waals surface area contributed by atoms with Gasteiger partial charge in [-0.15, -0.1) is 0 Å². The fourth-order valence-electron chi connectivity index (χ4n) is 2.57. The Morgan fingerprint density at radius 3 is 1.50 bits per heavy atom. The normalized spacial score (nSPS) is 13.3. The van der Waals surface area contributed by atoms with Crippen molar-refractivity contribution >= 4 is 5.97 Å². The third-order valence-corrected chi connectivity index (χ3v) is 4.53. The van der Waals surface area contributed by atoms with Crippen LogP contribution in [0.15, 0.2) is 0 Å². The summed E-state index contributed by atoms with van der Waals surface area (Å²) in [6, 6.07) is 0. The molecule has 0 aliphatic heterocycles. The van der Waals surface area contributed by atoms with Crippen molar-refractivity contribution in [3.8, 4) is 0 Å². The summed E-state index contributed by atoms with van der Waals surface area (Å²) in [5.74, 6) is -0.160. The highest BCUT2D eigenvalue weighted by Gasteiger charge is 2.53. The average Bonchev–Trinajstić information content (AvgIpc) is 2.26. The minimum atomic E-state index is -0.562. The molecule has 0 spiro atoms. The first-order valence-electron chi connectivity index (χ1n) is 6.93. The van der Waals surface area contributed by atoms with Gasteiger partial charge in [0.2, 0.25) is 0 Å². The lowest BCUT2D eigenvalue weighted by Gasteiger charge is -2.52. The van der Waals surface area contributed by atoms with Crippen LogP contribution < -0.4 is 0 Å². The molecule has 3 nitrogen and oxygen atoms in total. The first kappa shape index (κ1) is 33.1. The van der Waals surface area contributed by atoms with Gasteiger partial charge >= 0.3 is 5.97 Å². The zero-order chi connectivity index (χ0) is 14.6. The quantitative estimate of drug-likeness (QED) is 0.502. The molecule has 0 bridgehead atoms. The van der Waals surface area contributed by atoms with Gasteiger partial charge in [0, 0.05) is 18.4 Å². The van der Waals surface area contributed by atoms with Crippen LogP contribution in [0.1, 0.15) is 97.9 Å². The van der Waals surface area contributed by atoms with Crippen molar-refractivity contribution in [3.63, 3.8) is 0 Å². The molecule has 0 fully saturated rings. The molecule has 0 aromatic carbocycles. The summed E-state index contributed by atoms with van der Waals surface area (Å²) in [5.41, 5.74) is -1.16. The lowest BCUT2D eigenvalue weighted by atomic mass is 9.63. The maximum atomic E-state index is 11.6. The summed E-state index contributed by atoms with van der Waals surface area (Å²) in [4.78, 5) is 11.6. The van der Waals surface area contributed by atoms with Gasteiger partial charge in [0.1, 0.15) is 5.60 Å². The predicted octanol–water partition coefficient (Wildman–Crippen LogP) is 6.49. The summed E-state index contributed by atoms with van der Waals surface area (Å²) in [7, 11) is 0.